The van der Waals surface area contributed by atoms with Crippen LogP contribution in [0.15, 0.2) is 6.33 Å². The van der Waals surface area contributed by atoms with Crippen LogP contribution in [0.4, 0.5) is 0 Å². The van der Waals surface area contributed by atoms with Gasteiger partial charge in [0.1, 0.15) is 0 Å². The lowest BCUT2D eigenvalue weighted by atomic mass is 10.0. The molecule has 5 heteroatoms. The molecule has 0 aliphatic heterocycles. The molecule has 1 heterocycles. The monoisotopic (exact) mass is 264 g/mol. The zero-order valence-corrected chi connectivity index (χ0v) is 11.9. The van der Waals surface area contributed by atoms with Crippen LogP contribution < -0.4 is 11.1 Å². The Kier molecular flexibility index (Phi) is 4.58. The van der Waals surface area contributed by atoms with E-state index in [2.05, 4.69) is 14.9 Å². The zero-order valence-electron chi connectivity index (χ0n) is 11.9. The molecule has 0 bridgehead atoms. The standard InChI is InChI=1S/C14H24N4O/c1-10(2)17-12(14(15)19)7-8-18-9-16-11-5-3-4-6-13(11)18/h9-10,12,17H,3-8H2,1-2H3,(H2,15,19). The molecule has 1 aliphatic rings. The fraction of sp³-hybridized carbons (Fsp3) is 0.714. The first kappa shape index (κ1) is 14.1. The van der Waals surface area contributed by atoms with Crippen molar-refractivity contribution >= 4 is 5.91 Å². The minimum atomic E-state index is -0.275. The first-order chi connectivity index (χ1) is 9.08. The van der Waals surface area contributed by atoms with Crippen LogP contribution in [-0.4, -0.2) is 27.5 Å². The lowest BCUT2D eigenvalue weighted by molar-refractivity contribution is -0.120. The summed E-state index contributed by atoms with van der Waals surface area (Å²) in [7, 11) is 0. The number of carbonyl (C=O) groups is 1. The molecule has 0 spiro atoms. The van der Waals surface area contributed by atoms with Crippen molar-refractivity contribution in [3.63, 3.8) is 0 Å². The number of fused-ring (bicyclic) bond motifs is 1. The molecule has 1 aromatic rings. The number of primary amides is 1. The van der Waals surface area contributed by atoms with E-state index >= 15 is 0 Å². The minimum Gasteiger partial charge on any atom is -0.368 e. The van der Waals surface area contributed by atoms with Gasteiger partial charge in [-0.25, -0.2) is 4.98 Å². The first-order valence-electron chi connectivity index (χ1n) is 7.16. The van der Waals surface area contributed by atoms with E-state index < -0.39 is 0 Å². The maximum absolute atomic E-state index is 11.4. The summed E-state index contributed by atoms with van der Waals surface area (Å²) in [6.07, 6.45) is 7.30. The fourth-order valence-corrected chi connectivity index (χ4v) is 2.70. The number of nitrogens with one attached hydrogen (secondary N) is 1. The van der Waals surface area contributed by atoms with Gasteiger partial charge in [-0.3, -0.25) is 4.79 Å². The number of aromatic nitrogens is 2. The minimum absolute atomic E-state index is 0.259. The van der Waals surface area contributed by atoms with E-state index in [-0.39, 0.29) is 18.0 Å². The van der Waals surface area contributed by atoms with Crippen LogP contribution in [0.1, 0.15) is 44.5 Å². The Labute approximate surface area is 114 Å². The lowest BCUT2D eigenvalue weighted by Crippen LogP contribution is -2.45. The number of aryl methyl sites for hydroxylation is 2. The van der Waals surface area contributed by atoms with Crippen LogP contribution in [0.25, 0.3) is 0 Å². The Bertz CT molecular complexity index is 439. The second-order valence-corrected chi connectivity index (χ2v) is 5.60. The van der Waals surface area contributed by atoms with Gasteiger partial charge in [-0.15, -0.1) is 0 Å². The van der Waals surface area contributed by atoms with E-state index in [0.29, 0.717) is 0 Å². The highest BCUT2D eigenvalue weighted by molar-refractivity contribution is 5.79. The molecule has 0 saturated heterocycles. The second-order valence-electron chi connectivity index (χ2n) is 5.60. The summed E-state index contributed by atoms with van der Waals surface area (Å²) >= 11 is 0. The largest absolute Gasteiger partial charge is 0.368 e. The summed E-state index contributed by atoms with van der Waals surface area (Å²) in [4.78, 5) is 15.9. The van der Waals surface area contributed by atoms with Gasteiger partial charge in [0.2, 0.25) is 5.91 Å². The zero-order chi connectivity index (χ0) is 13.8. The van der Waals surface area contributed by atoms with Crippen LogP contribution >= 0.6 is 0 Å². The topological polar surface area (TPSA) is 72.9 Å². The number of hydrogen-bond acceptors (Lipinski definition) is 3. The van der Waals surface area contributed by atoms with Gasteiger partial charge in [-0.05, 0) is 32.1 Å². The highest BCUT2D eigenvalue weighted by atomic mass is 16.1. The average molecular weight is 264 g/mol. The maximum Gasteiger partial charge on any atom is 0.234 e. The number of rotatable bonds is 6. The SMILES string of the molecule is CC(C)NC(CCn1cnc2c1CCCC2)C(N)=O. The third-order valence-electron chi connectivity index (χ3n) is 3.65. The Morgan fingerprint density at radius 1 is 1.47 bits per heavy atom. The summed E-state index contributed by atoms with van der Waals surface area (Å²) in [5, 5.41) is 3.21. The molecule has 0 aromatic carbocycles. The first-order valence-corrected chi connectivity index (χ1v) is 7.16. The molecule has 5 nitrogen and oxygen atoms in total. The van der Waals surface area contributed by atoms with Crippen LogP contribution in [0.2, 0.25) is 0 Å². The third-order valence-corrected chi connectivity index (χ3v) is 3.65. The van der Waals surface area contributed by atoms with Crippen molar-refractivity contribution in [2.45, 2.75) is 64.6 Å². The van der Waals surface area contributed by atoms with E-state index in [9.17, 15) is 4.79 Å². The predicted molar refractivity (Wildman–Crippen MR) is 74.7 cm³/mol. The molecule has 106 valence electrons. The lowest BCUT2D eigenvalue weighted by Gasteiger charge is -2.19. The van der Waals surface area contributed by atoms with Gasteiger partial charge in [0.25, 0.3) is 0 Å². The van der Waals surface area contributed by atoms with Crippen molar-refractivity contribution in [1.29, 1.82) is 0 Å². The van der Waals surface area contributed by atoms with Crippen molar-refractivity contribution in [3.05, 3.63) is 17.7 Å². The molecular formula is C14H24N4O. The average Bonchev–Trinajstić information content (AvgIpc) is 2.77. The van der Waals surface area contributed by atoms with E-state index in [1.807, 2.05) is 20.2 Å². The summed E-state index contributed by atoms with van der Waals surface area (Å²) in [5.74, 6) is -0.275. The van der Waals surface area contributed by atoms with Gasteiger partial charge >= 0.3 is 0 Å². The van der Waals surface area contributed by atoms with Crippen molar-refractivity contribution < 1.29 is 4.79 Å². The molecule has 19 heavy (non-hydrogen) atoms. The number of hydrogen-bond donors (Lipinski definition) is 2. The molecule has 1 amide bonds. The van der Waals surface area contributed by atoms with Gasteiger partial charge in [-0.1, -0.05) is 13.8 Å². The Balaban J connectivity index is 1.97. The quantitative estimate of drug-likeness (QED) is 0.805. The number of imidazole rings is 1. The van der Waals surface area contributed by atoms with Gasteiger partial charge in [0.15, 0.2) is 0 Å². The van der Waals surface area contributed by atoms with Crippen LogP contribution in [0.3, 0.4) is 0 Å². The molecule has 2 rings (SSSR count). The normalized spacial score (nSPS) is 16.4. The maximum atomic E-state index is 11.4. The van der Waals surface area contributed by atoms with E-state index in [0.717, 1.165) is 25.8 Å². The summed E-state index contributed by atoms with van der Waals surface area (Å²) in [5.41, 5.74) is 8.02. The number of amides is 1. The van der Waals surface area contributed by atoms with Crippen molar-refractivity contribution in [2.75, 3.05) is 0 Å². The van der Waals surface area contributed by atoms with Crippen molar-refractivity contribution in [1.82, 2.24) is 14.9 Å². The smallest absolute Gasteiger partial charge is 0.234 e. The van der Waals surface area contributed by atoms with E-state index in [1.54, 1.807) is 0 Å². The number of nitrogens with two attached hydrogens (primary N) is 1. The molecule has 1 aromatic heterocycles. The molecule has 1 unspecified atom stereocenters. The highest BCUT2D eigenvalue weighted by Gasteiger charge is 2.19. The van der Waals surface area contributed by atoms with Gasteiger partial charge in [-0.2, -0.15) is 0 Å². The number of nitrogens with zero attached hydrogens (tertiary/aromatic N) is 2. The summed E-state index contributed by atoms with van der Waals surface area (Å²) in [6.45, 7) is 4.85. The molecule has 3 N–H and O–H groups in total. The number of carbonyl (C=O) groups excluding carboxylic acids is 1. The van der Waals surface area contributed by atoms with Crippen molar-refractivity contribution in [3.8, 4) is 0 Å². The van der Waals surface area contributed by atoms with E-state index in [1.165, 1.54) is 24.2 Å². The van der Waals surface area contributed by atoms with Gasteiger partial charge in [0, 0.05) is 18.3 Å². The van der Waals surface area contributed by atoms with Crippen LogP contribution in [0.5, 0.6) is 0 Å². The summed E-state index contributed by atoms with van der Waals surface area (Å²) in [6, 6.07) is -0.00385. The van der Waals surface area contributed by atoms with Crippen LogP contribution in [-0.2, 0) is 24.2 Å². The molecule has 1 aliphatic carbocycles. The predicted octanol–water partition coefficient (Wildman–Crippen LogP) is 1.00. The molecule has 0 fully saturated rings. The third kappa shape index (κ3) is 3.56. The van der Waals surface area contributed by atoms with Crippen molar-refractivity contribution in [2.24, 2.45) is 5.73 Å². The Morgan fingerprint density at radius 2 is 2.21 bits per heavy atom. The Morgan fingerprint density at radius 3 is 2.89 bits per heavy atom. The van der Waals surface area contributed by atoms with Gasteiger partial charge in [0.05, 0.1) is 18.1 Å². The molecule has 0 saturated carbocycles. The Hall–Kier alpha value is -1.36. The highest BCUT2D eigenvalue weighted by Crippen LogP contribution is 2.20. The molecular weight excluding hydrogens is 240 g/mol. The molecule has 1 atom stereocenters. The summed E-state index contributed by atoms with van der Waals surface area (Å²) < 4.78 is 2.19. The van der Waals surface area contributed by atoms with Crippen LogP contribution in [0, 0.1) is 0 Å². The fourth-order valence-electron chi connectivity index (χ4n) is 2.70. The van der Waals surface area contributed by atoms with E-state index in [4.69, 9.17) is 5.73 Å². The molecule has 0 radical (unpaired) electrons. The second kappa shape index (κ2) is 6.19. The van der Waals surface area contributed by atoms with Gasteiger partial charge < -0.3 is 15.6 Å².